The average Bonchev–Trinajstić information content (AvgIpc) is 2.99. The molecule has 12 heteroatoms. The number of para-hydroxylation sites is 1. The predicted molar refractivity (Wildman–Crippen MR) is 176 cm³/mol. The molecule has 0 saturated heterocycles. The second-order valence-corrected chi connectivity index (χ2v) is 13.8. The molecule has 0 aliphatic carbocycles. The van der Waals surface area contributed by atoms with Crippen LogP contribution in [-0.4, -0.2) is 25.2 Å². The number of nitro benzene ring substituents is 1. The van der Waals surface area contributed by atoms with Crippen LogP contribution in [0.25, 0.3) is 21.8 Å². The van der Waals surface area contributed by atoms with E-state index in [0.717, 1.165) is 16.6 Å². The number of aromatic nitrogens is 1. The Hall–Kier alpha value is -4.87. The van der Waals surface area contributed by atoms with Crippen molar-refractivity contribution in [1.82, 2.24) is 0 Å². The number of hydrogen-bond donors (Lipinski definition) is 1. The van der Waals surface area contributed by atoms with Crippen molar-refractivity contribution in [1.29, 1.82) is 0 Å². The number of ether oxygens (including phenoxy) is 1. The molecule has 1 amide bonds. The molecule has 5 rings (SSSR count). The highest BCUT2D eigenvalue weighted by Crippen LogP contribution is 2.32. The molecule has 5 aromatic rings. The summed E-state index contributed by atoms with van der Waals surface area (Å²) >= 11 is 0. The Morgan fingerprint density at radius 1 is 0.891 bits per heavy atom. The topological polar surface area (TPSA) is 137 Å². The largest absolute Gasteiger partial charge is 0.422 e. The van der Waals surface area contributed by atoms with Crippen molar-refractivity contribution in [2.24, 2.45) is 7.05 Å². The summed E-state index contributed by atoms with van der Waals surface area (Å²) in [5, 5.41) is 15.5. The number of aryl methyl sites for hydroxylation is 6. The fraction of sp³-hybridized carbons (Fsp3) is 0.206. The Bertz CT molecular complexity index is 2170. The van der Waals surface area contributed by atoms with Crippen LogP contribution in [0.5, 0.6) is 5.75 Å². The lowest BCUT2D eigenvalue weighted by atomic mass is 9.98. The number of halogens is 1. The third-order valence-electron chi connectivity index (χ3n) is 7.97. The fourth-order valence-electron chi connectivity index (χ4n) is 5.76. The zero-order valence-corrected chi connectivity index (χ0v) is 27.4. The van der Waals surface area contributed by atoms with E-state index in [2.05, 4.69) is 5.32 Å². The van der Waals surface area contributed by atoms with E-state index >= 15 is 0 Å². The summed E-state index contributed by atoms with van der Waals surface area (Å²) in [5.74, 6) is -0.609. The van der Waals surface area contributed by atoms with Crippen LogP contribution in [-0.2, 0) is 27.3 Å². The molecule has 0 aliphatic heterocycles. The third-order valence-corrected chi connectivity index (χ3v) is 9.31. The second-order valence-electron chi connectivity index (χ2n) is 11.3. The van der Waals surface area contributed by atoms with Crippen LogP contribution >= 0.6 is 10.7 Å². The predicted octanol–water partition coefficient (Wildman–Crippen LogP) is 6.68. The van der Waals surface area contributed by atoms with Crippen molar-refractivity contribution in [3.05, 3.63) is 110 Å². The van der Waals surface area contributed by atoms with Crippen molar-refractivity contribution in [2.45, 2.75) is 45.4 Å². The van der Waals surface area contributed by atoms with Gasteiger partial charge in [0.1, 0.15) is 12.8 Å². The Balaban J connectivity index is 1.48. The molecular formula is C34H31ClN3O7S+. The van der Waals surface area contributed by atoms with Gasteiger partial charge in [0, 0.05) is 47.1 Å². The minimum Gasteiger partial charge on any atom is -0.422 e. The molecule has 0 fully saturated rings. The zero-order valence-electron chi connectivity index (χ0n) is 25.8. The van der Waals surface area contributed by atoms with Crippen LogP contribution in [0, 0.1) is 37.8 Å². The van der Waals surface area contributed by atoms with Gasteiger partial charge in [-0.25, -0.2) is 13.2 Å². The number of hydrogen-bond acceptors (Lipinski definition) is 7. The lowest BCUT2D eigenvalue weighted by molar-refractivity contribution is -0.617. The molecule has 1 heterocycles. The molecule has 4 aromatic carbocycles. The summed E-state index contributed by atoms with van der Waals surface area (Å²) < 4.78 is 31.4. The number of fused-ring (bicyclic) bond motifs is 2. The minimum atomic E-state index is -3.91. The molecule has 1 aromatic heterocycles. The van der Waals surface area contributed by atoms with Crippen LogP contribution in [0.1, 0.15) is 44.6 Å². The summed E-state index contributed by atoms with van der Waals surface area (Å²) in [6.07, 6.45) is 0.486. The average molecular weight is 661 g/mol. The van der Waals surface area contributed by atoms with Gasteiger partial charge in [-0.05, 0) is 86.2 Å². The summed E-state index contributed by atoms with van der Waals surface area (Å²) in [6, 6.07) is 18.7. The van der Waals surface area contributed by atoms with Gasteiger partial charge in [0.2, 0.25) is 16.9 Å². The standard InChI is InChI=1S/C34H30ClN3O7S/c1-19-16-25(46(35,43)44)17-20(2)32(19)36-30(39)13-11-23-10-12-29-27(18-23)31(26-8-6-7-9-28(26)37(29)5)34(40)45-33-21(3)14-24(38(41)42)15-22(33)4/h6-10,12,14-18H,11,13H2,1-5H3/p+1. The number of carbonyl (C=O) groups excluding carboxylic acids is 2. The van der Waals surface area contributed by atoms with Crippen LogP contribution in [0.2, 0.25) is 0 Å². The van der Waals surface area contributed by atoms with E-state index in [1.54, 1.807) is 27.7 Å². The molecule has 0 saturated carbocycles. The molecule has 0 aliphatic rings. The van der Waals surface area contributed by atoms with Gasteiger partial charge in [0.25, 0.3) is 14.7 Å². The van der Waals surface area contributed by atoms with Crippen LogP contribution in [0.3, 0.4) is 0 Å². The summed E-state index contributed by atoms with van der Waals surface area (Å²) in [6.45, 7) is 6.71. The van der Waals surface area contributed by atoms with E-state index in [0.29, 0.717) is 50.7 Å². The van der Waals surface area contributed by atoms with Gasteiger partial charge in [-0.15, -0.1) is 0 Å². The number of nitrogens with one attached hydrogen (secondary N) is 1. The van der Waals surface area contributed by atoms with Crippen LogP contribution < -0.4 is 14.6 Å². The highest BCUT2D eigenvalue weighted by Gasteiger charge is 2.26. The maximum atomic E-state index is 13.9. The number of pyridine rings is 1. The monoisotopic (exact) mass is 660 g/mol. The lowest BCUT2D eigenvalue weighted by Gasteiger charge is -2.14. The van der Waals surface area contributed by atoms with Gasteiger partial charge in [-0.1, -0.05) is 18.2 Å². The van der Waals surface area contributed by atoms with Crippen molar-refractivity contribution in [3.8, 4) is 5.75 Å². The highest BCUT2D eigenvalue weighted by molar-refractivity contribution is 8.13. The number of anilines is 1. The first-order chi connectivity index (χ1) is 21.6. The maximum Gasteiger partial charge on any atom is 0.345 e. The Morgan fingerprint density at radius 2 is 1.50 bits per heavy atom. The molecule has 236 valence electrons. The van der Waals surface area contributed by atoms with E-state index < -0.39 is 19.9 Å². The van der Waals surface area contributed by atoms with E-state index in [1.165, 1.54) is 24.3 Å². The third kappa shape index (κ3) is 6.42. The van der Waals surface area contributed by atoms with Crippen LogP contribution in [0.4, 0.5) is 11.4 Å². The number of nitrogens with zero attached hydrogens (tertiary/aromatic N) is 2. The SMILES string of the molecule is Cc1cc(S(=O)(=O)Cl)cc(C)c1NC(=O)CCc1ccc2c(c1)c(C(=O)Oc1c(C)cc([N+](=O)[O-])cc1C)c1ccccc1[n+]2C. The first-order valence-corrected chi connectivity index (χ1v) is 16.6. The molecule has 0 radical (unpaired) electrons. The van der Waals surface area contributed by atoms with Crippen LogP contribution in [0.15, 0.2) is 71.6 Å². The molecule has 10 nitrogen and oxygen atoms in total. The first kappa shape index (κ1) is 32.5. The highest BCUT2D eigenvalue weighted by atomic mass is 35.7. The number of rotatable bonds is 8. The first-order valence-electron chi connectivity index (χ1n) is 14.3. The summed E-state index contributed by atoms with van der Waals surface area (Å²) in [5.41, 5.74) is 5.24. The van der Waals surface area contributed by atoms with Crippen molar-refractivity contribution in [3.63, 3.8) is 0 Å². The molecule has 1 N–H and O–H groups in total. The minimum absolute atomic E-state index is 0.0350. The quantitative estimate of drug-likeness (QED) is 0.0373. The number of carbonyl (C=O) groups is 2. The van der Waals surface area contributed by atoms with Crippen molar-refractivity contribution >= 4 is 64.8 Å². The van der Waals surface area contributed by atoms with Gasteiger partial charge in [-0.2, -0.15) is 4.57 Å². The second kappa shape index (κ2) is 12.5. The Labute approximate surface area is 270 Å². The Kier molecular flexibility index (Phi) is 8.83. The zero-order chi connectivity index (χ0) is 33.5. The number of benzene rings is 4. The van der Waals surface area contributed by atoms with E-state index in [9.17, 15) is 28.1 Å². The van der Waals surface area contributed by atoms with Crippen molar-refractivity contribution < 1.29 is 32.2 Å². The number of nitro groups is 1. The lowest BCUT2D eigenvalue weighted by Crippen LogP contribution is -2.31. The smallest absolute Gasteiger partial charge is 0.345 e. The van der Waals surface area contributed by atoms with Crippen molar-refractivity contribution in [2.75, 3.05) is 5.32 Å². The van der Waals surface area contributed by atoms with Gasteiger partial charge in [0.05, 0.1) is 26.2 Å². The molecular weight excluding hydrogens is 630 g/mol. The van der Waals surface area contributed by atoms with Gasteiger partial charge < -0.3 is 10.1 Å². The molecule has 46 heavy (non-hydrogen) atoms. The summed E-state index contributed by atoms with van der Waals surface area (Å²) in [7, 11) is 3.49. The summed E-state index contributed by atoms with van der Waals surface area (Å²) in [4.78, 5) is 37.7. The normalized spacial score (nSPS) is 11.5. The molecule has 0 spiro atoms. The Morgan fingerprint density at radius 3 is 2.11 bits per heavy atom. The fourth-order valence-corrected chi connectivity index (χ4v) is 6.67. The number of esters is 1. The van der Waals surface area contributed by atoms with E-state index in [1.807, 2.05) is 54.1 Å². The number of non-ortho nitro benzene ring substituents is 1. The van der Waals surface area contributed by atoms with Gasteiger partial charge in [-0.3, -0.25) is 14.9 Å². The van der Waals surface area contributed by atoms with Gasteiger partial charge in [0.15, 0.2) is 0 Å². The maximum absolute atomic E-state index is 13.9. The van der Waals surface area contributed by atoms with Gasteiger partial charge >= 0.3 is 5.97 Å². The molecule has 0 unspecified atom stereocenters. The molecule has 0 atom stereocenters. The molecule has 0 bridgehead atoms. The number of amides is 1. The van der Waals surface area contributed by atoms with E-state index in [4.69, 9.17) is 15.4 Å². The van der Waals surface area contributed by atoms with E-state index in [-0.39, 0.29) is 28.7 Å².